The lowest BCUT2D eigenvalue weighted by atomic mass is 10.1. The van der Waals surface area contributed by atoms with E-state index in [1.807, 2.05) is 36.1 Å². The van der Waals surface area contributed by atoms with E-state index in [4.69, 9.17) is 14.7 Å². The van der Waals surface area contributed by atoms with Gasteiger partial charge in [-0.05, 0) is 37.5 Å². The van der Waals surface area contributed by atoms with Crippen LogP contribution in [0.25, 0.3) is 0 Å². The van der Waals surface area contributed by atoms with Gasteiger partial charge in [0.05, 0.1) is 24.1 Å². The molecule has 2 heterocycles. The molecular weight excluding hydrogens is 413 g/mol. The van der Waals surface area contributed by atoms with Crippen LogP contribution in [0.4, 0.5) is 10.2 Å². The maximum atomic E-state index is 14.9. The first-order chi connectivity index (χ1) is 15.4. The number of amides is 1. The molecule has 32 heavy (non-hydrogen) atoms. The maximum Gasteiger partial charge on any atom is 0.255 e. The summed E-state index contributed by atoms with van der Waals surface area (Å²) < 4.78 is 26.5. The fraction of sp³-hybridized carbons (Fsp3) is 0.478. The second kappa shape index (κ2) is 8.99. The molecule has 1 aromatic carbocycles. The Kier molecular flexibility index (Phi) is 6.12. The molecular formula is C23H26FN5O3. The molecule has 2 atom stereocenters. The van der Waals surface area contributed by atoms with Crippen molar-refractivity contribution >= 4 is 11.7 Å². The van der Waals surface area contributed by atoms with Crippen LogP contribution in [0.3, 0.4) is 0 Å². The first kappa shape index (κ1) is 21.8. The lowest BCUT2D eigenvalue weighted by molar-refractivity contribution is -0.119. The fourth-order valence-electron chi connectivity index (χ4n) is 3.74. The van der Waals surface area contributed by atoms with Gasteiger partial charge in [-0.15, -0.1) is 0 Å². The third-order valence-corrected chi connectivity index (χ3v) is 5.86. The molecule has 0 spiro atoms. The van der Waals surface area contributed by atoms with Gasteiger partial charge in [0.25, 0.3) is 5.88 Å². The Labute approximate surface area is 186 Å². The van der Waals surface area contributed by atoms with E-state index in [1.165, 1.54) is 13.3 Å². The number of rotatable bonds is 8. The number of ether oxygens (including phenoxy) is 2. The van der Waals surface area contributed by atoms with Crippen molar-refractivity contribution in [1.82, 2.24) is 15.3 Å². The average molecular weight is 439 g/mol. The summed E-state index contributed by atoms with van der Waals surface area (Å²) in [6, 6.07) is 9.73. The van der Waals surface area contributed by atoms with Crippen LogP contribution in [0.15, 0.2) is 30.6 Å². The van der Waals surface area contributed by atoms with Crippen molar-refractivity contribution in [3.05, 3.63) is 42.0 Å². The zero-order valence-corrected chi connectivity index (χ0v) is 18.2. The number of benzene rings is 1. The van der Waals surface area contributed by atoms with E-state index in [1.54, 1.807) is 0 Å². The summed E-state index contributed by atoms with van der Waals surface area (Å²) >= 11 is 0. The van der Waals surface area contributed by atoms with Crippen LogP contribution in [-0.2, 0) is 4.79 Å². The molecule has 2 fully saturated rings. The summed E-state index contributed by atoms with van der Waals surface area (Å²) in [6.07, 6.45) is 3.42. The first-order valence-corrected chi connectivity index (χ1v) is 10.7. The number of nitrogens with zero attached hydrogens (tertiary/aromatic N) is 4. The molecule has 1 amide bonds. The number of carbonyl (C=O) groups excluding carboxylic acids is 1. The number of carbonyl (C=O) groups is 1. The molecule has 9 heteroatoms. The summed E-state index contributed by atoms with van der Waals surface area (Å²) in [7, 11) is 0. The predicted molar refractivity (Wildman–Crippen MR) is 115 cm³/mol. The Bertz CT molecular complexity index is 1020. The van der Waals surface area contributed by atoms with Gasteiger partial charge in [-0.1, -0.05) is 12.1 Å². The zero-order valence-electron chi connectivity index (χ0n) is 18.2. The standard InChI is InChI=1S/C23H26FN5O3/c1-15(28-16(2)30)17-3-5-18(6-4-17)32-19-7-10-29(11-19)21-20(24)22(27-14-26-21)31-13-23(12-25)8-9-23/h3-6,14-15,19H,7-11,13H2,1-2H3,(H,28,30)/t15-,19+/m0/s1. The molecule has 4 rings (SSSR count). The number of hydrogen-bond donors (Lipinski definition) is 1. The van der Waals surface area contributed by atoms with E-state index in [9.17, 15) is 9.18 Å². The summed E-state index contributed by atoms with van der Waals surface area (Å²) in [5.74, 6) is 0.0888. The number of aromatic nitrogens is 2. The Hall–Kier alpha value is -3.41. The molecule has 8 nitrogen and oxygen atoms in total. The van der Waals surface area contributed by atoms with Crippen LogP contribution in [0.2, 0.25) is 0 Å². The molecule has 1 N–H and O–H groups in total. The van der Waals surface area contributed by atoms with Crippen molar-refractivity contribution in [2.75, 3.05) is 24.6 Å². The average Bonchev–Trinajstić information content (AvgIpc) is 3.42. The largest absolute Gasteiger partial charge is 0.489 e. The van der Waals surface area contributed by atoms with Crippen molar-refractivity contribution in [3.63, 3.8) is 0 Å². The van der Waals surface area contributed by atoms with E-state index in [2.05, 4.69) is 21.4 Å². The number of nitrogens with one attached hydrogen (secondary N) is 1. The molecule has 0 unspecified atom stereocenters. The number of nitriles is 1. The molecule has 1 aliphatic carbocycles. The van der Waals surface area contributed by atoms with Gasteiger partial charge in [-0.2, -0.15) is 14.6 Å². The van der Waals surface area contributed by atoms with Gasteiger partial charge in [-0.25, -0.2) is 4.98 Å². The van der Waals surface area contributed by atoms with Crippen LogP contribution in [-0.4, -0.2) is 41.7 Å². The molecule has 1 saturated carbocycles. The van der Waals surface area contributed by atoms with Crippen LogP contribution in [0, 0.1) is 22.6 Å². The van der Waals surface area contributed by atoms with Crippen LogP contribution in [0.5, 0.6) is 11.6 Å². The van der Waals surface area contributed by atoms with E-state index >= 15 is 0 Å². The number of halogens is 1. The predicted octanol–water partition coefficient (Wildman–Crippen LogP) is 3.15. The summed E-state index contributed by atoms with van der Waals surface area (Å²) in [4.78, 5) is 21.0. The monoisotopic (exact) mass is 439 g/mol. The van der Waals surface area contributed by atoms with Gasteiger partial charge in [0, 0.05) is 19.9 Å². The Balaban J connectivity index is 1.35. The lowest BCUT2D eigenvalue weighted by Crippen LogP contribution is -2.26. The van der Waals surface area contributed by atoms with Crippen molar-refractivity contribution in [3.8, 4) is 17.7 Å². The second-order valence-corrected chi connectivity index (χ2v) is 8.46. The molecule has 2 aliphatic rings. The zero-order chi connectivity index (χ0) is 22.7. The minimum atomic E-state index is -0.613. The van der Waals surface area contributed by atoms with Crippen molar-refractivity contribution in [1.29, 1.82) is 5.26 Å². The topological polar surface area (TPSA) is 100 Å². The molecule has 0 radical (unpaired) electrons. The number of hydrogen-bond acceptors (Lipinski definition) is 7. The van der Waals surface area contributed by atoms with Gasteiger partial charge in [-0.3, -0.25) is 4.79 Å². The summed E-state index contributed by atoms with van der Waals surface area (Å²) in [6.45, 7) is 4.63. The molecule has 0 bridgehead atoms. The third kappa shape index (κ3) is 4.90. The van der Waals surface area contributed by atoms with E-state index in [-0.39, 0.29) is 36.4 Å². The van der Waals surface area contributed by atoms with E-state index in [0.29, 0.717) is 18.8 Å². The highest BCUT2D eigenvalue weighted by molar-refractivity contribution is 5.73. The van der Waals surface area contributed by atoms with Crippen LogP contribution in [0.1, 0.15) is 44.7 Å². The van der Waals surface area contributed by atoms with Crippen molar-refractivity contribution in [2.45, 2.75) is 45.3 Å². The summed E-state index contributed by atoms with van der Waals surface area (Å²) in [5.41, 5.74) is 0.486. The van der Waals surface area contributed by atoms with Gasteiger partial charge in [0.1, 0.15) is 24.8 Å². The van der Waals surface area contributed by atoms with Gasteiger partial charge >= 0.3 is 0 Å². The SMILES string of the molecule is CC(=O)N[C@@H](C)c1ccc(O[C@@H]2CCN(c3ncnc(OCC4(C#N)CC4)c3F)C2)cc1. The van der Waals surface area contributed by atoms with Gasteiger partial charge < -0.3 is 19.7 Å². The lowest BCUT2D eigenvalue weighted by Gasteiger charge is -2.20. The molecule has 1 aliphatic heterocycles. The number of anilines is 1. The normalized spacial score (nSPS) is 19.7. The minimum Gasteiger partial charge on any atom is -0.489 e. The highest BCUT2D eigenvalue weighted by Gasteiger charge is 2.44. The molecule has 2 aromatic rings. The highest BCUT2D eigenvalue weighted by Crippen LogP contribution is 2.45. The Morgan fingerprint density at radius 3 is 2.78 bits per heavy atom. The molecule has 168 valence electrons. The van der Waals surface area contributed by atoms with E-state index < -0.39 is 11.2 Å². The van der Waals surface area contributed by atoms with Gasteiger partial charge in [0.15, 0.2) is 5.82 Å². The quantitative estimate of drug-likeness (QED) is 0.674. The smallest absolute Gasteiger partial charge is 0.255 e. The van der Waals surface area contributed by atoms with Crippen molar-refractivity contribution in [2.24, 2.45) is 5.41 Å². The van der Waals surface area contributed by atoms with Crippen molar-refractivity contribution < 1.29 is 18.7 Å². The van der Waals surface area contributed by atoms with Gasteiger partial charge in [0.2, 0.25) is 11.7 Å². The van der Waals surface area contributed by atoms with Crippen LogP contribution >= 0.6 is 0 Å². The van der Waals surface area contributed by atoms with Crippen LogP contribution < -0.4 is 19.7 Å². The maximum absolute atomic E-state index is 14.9. The fourth-order valence-corrected chi connectivity index (χ4v) is 3.74. The third-order valence-electron chi connectivity index (χ3n) is 5.86. The Morgan fingerprint density at radius 1 is 1.38 bits per heavy atom. The summed E-state index contributed by atoms with van der Waals surface area (Å²) in [5, 5.41) is 12.0. The minimum absolute atomic E-state index is 0.0773. The Morgan fingerprint density at radius 2 is 2.12 bits per heavy atom. The first-order valence-electron chi connectivity index (χ1n) is 10.7. The highest BCUT2D eigenvalue weighted by atomic mass is 19.1. The molecule has 1 aromatic heterocycles. The molecule has 1 saturated heterocycles. The van der Waals surface area contributed by atoms with E-state index in [0.717, 1.165) is 24.8 Å². The second-order valence-electron chi connectivity index (χ2n) is 8.46.